The first-order chi connectivity index (χ1) is 13.5. The summed E-state index contributed by atoms with van der Waals surface area (Å²) in [6.45, 7) is -0.169. The fourth-order valence-corrected chi connectivity index (χ4v) is 2.91. The molecule has 1 aliphatic rings. The molecule has 1 saturated heterocycles. The number of benzene rings is 2. The number of hydrogen-bond donors (Lipinski definition) is 1. The summed E-state index contributed by atoms with van der Waals surface area (Å²) in [7, 11) is 4.42. The van der Waals surface area contributed by atoms with Gasteiger partial charge in [0.2, 0.25) is 5.75 Å². The molecule has 0 atom stereocenters. The second-order valence-electron chi connectivity index (χ2n) is 5.89. The molecule has 146 valence electrons. The van der Waals surface area contributed by atoms with Gasteiger partial charge in [0, 0.05) is 11.1 Å². The van der Waals surface area contributed by atoms with Crippen LogP contribution in [-0.4, -0.2) is 38.2 Å². The van der Waals surface area contributed by atoms with E-state index >= 15 is 0 Å². The first-order valence-electron chi connectivity index (χ1n) is 8.37. The van der Waals surface area contributed by atoms with E-state index in [-0.39, 0.29) is 17.8 Å². The van der Waals surface area contributed by atoms with Crippen molar-refractivity contribution in [2.45, 2.75) is 6.54 Å². The fraction of sp³-hybridized carbons (Fsp3) is 0.200. The molecule has 0 aromatic heterocycles. The van der Waals surface area contributed by atoms with Gasteiger partial charge in [-0.25, -0.2) is 9.18 Å². The number of urea groups is 1. The van der Waals surface area contributed by atoms with E-state index in [2.05, 4.69) is 5.32 Å². The molecule has 2 aromatic rings. The van der Waals surface area contributed by atoms with E-state index in [1.54, 1.807) is 24.3 Å². The van der Waals surface area contributed by atoms with E-state index in [1.807, 2.05) is 0 Å². The lowest BCUT2D eigenvalue weighted by molar-refractivity contribution is -0.123. The fourth-order valence-electron chi connectivity index (χ4n) is 2.91. The van der Waals surface area contributed by atoms with Crippen molar-refractivity contribution in [3.63, 3.8) is 0 Å². The van der Waals surface area contributed by atoms with Crippen LogP contribution in [0, 0.1) is 5.82 Å². The van der Waals surface area contributed by atoms with Crippen LogP contribution in [0.25, 0.3) is 6.08 Å². The number of hydrogen-bond acceptors (Lipinski definition) is 5. The van der Waals surface area contributed by atoms with Gasteiger partial charge in [0.1, 0.15) is 11.5 Å². The van der Waals surface area contributed by atoms with Crippen LogP contribution in [0.1, 0.15) is 11.1 Å². The molecule has 3 amide bonds. The summed E-state index contributed by atoms with van der Waals surface area (Å²) in [6, 6.07) is 8.69. The number of nitrogens with one attached hydrogen (secondary N) is 1. The Morgan fingerprint density at radius 1 is 1.00 bits per heavy atom. The Balaban J connectivity index is 1.93. The molecule has 0 spiro atoms. The smallest absolute Gasteiger partial charge is 0.329 e. The van der Waals surface area contributed by atoms with Crippen LogP contribution >= 0.6 is 0 Å². The molecule has 0 radical (unpaired) electrons. The number of carbonyl (C=O) groups excluding carboxylic acids is 2. The van der Waals surface area contributed by atoms with E-state index < -0.39 is 17.8 Å². The summed E-state index contributed by atoms with van der Waals surface area (Å²) in [6.07, 6.45) is 1.47. The molecule has 1 fully saturated rings. The van der Waals surface area contributed by atoms with Gasteiger partial charge in [0.05, 0.1) is 27.9 Å². The molecule has 0 unspecified atom stereocenters. The zero-order valence-corrected chi connectivity index (χ0v) is 15.6. The van der Waals surface area contributed by atoms with Crippen molar-refractivity contribution in [1.82, 2.24) is 10.2 Å². The number of methoxy groups -OCH3 is 3. The molecule has 2 aromatic carbocycles. The van der Waals surface area contributed by atoms with Gasteiger partial charge in [0.25, 0.3) is 5.91 Å². The maximum absolute atomic E-state index is 13.9. The standard InChI is InChI=1S/C20H19FN2O5/c1-26-16-9-8-12(17(27-2)18(16)28-3)10-15-19(24)23(20(25)22-15)11-13-6-4-5-7-14(13)21/h4-10H,11H2,1-3H3,(H,22,25)/b15-10+. The first kappa shape index (κ1) is 19.2. The maximum Gasteiger partial charge on any atom is 0.329 e. The van der Waals surface area contributed by atoms with Gasteiger partial charge < -0.3 is 19.5 Å². The van der Waals surface area contributed by atoms with Crippen molar-refractivity contribution in [3.05, 3.63) is 59.0 Å². The van der Waals surface area contributed by atoms with Gasteiger partial charge in [-0.05, 0) is 24.3 Å². The van der Waals surface area contributed by atoms with Crippen molar-refractivity contribution in [2.75, 3.05) is 21.3 Å². The van der Waals surface area contributed by atoms with Crippen LogP contribution in [0.5, 0.6) is 17.2 Å². The number of nitrogens with zero attached hydrogens (tertiary/aromatic N) is 1. The van der Waals surface area contributed by atoms with Crippen LogP contribution in [0.4, 0.5) is 9.18 Å². The zero-order valence-electron chi connectivity index (χ0n) is 15.6. The Kier molecular flexibility index (Phi) is 5.49. The van der Waals surface area contributed by atoms with Crippen molar-refractivity contribution < 1.29 is 28.2 Å². The van der Waals surface area contributed by atoms with E-state index in [0.717, 1.165) is 4.90 Å². The minimum Gasteiger partial charge on any atom is -0.493 e. The van der Waals surface area contributed by atoms with Crippen LogP contribution in [-0.2, 0) is 11.3 Å². The van der Waals surface area contributed by atoms with Crippen molar-refractivity contribution >= 4 is 18.0 Å². The normalized spacial score (nSPS) is 15.0. The number of halogens is 1. The number of amides is 3. The predicted octanol–water partition coefficient (Wildman–Crippen LogP) is 2.94. The largest absolute Gasteiger partial charge is 0.493 e. The SMILES string of the molecule is COc1ccc(/C=C2/NC(=O)N(Cc3ccccc3F)C2=O)c(OC)c1OC. The highest BCUT2D eigenvalue weighted by Crippen LogP contribution is 2.40. The van der Waals surface area contributed by atoms with Crippen LogP contribution in [0.3, 0.4) is 0 Å². The molecule has 3 rings (SSSR count). The van der Waals surface area contributed by atoms with E-state index in [4.69, 9.17) is 14.2 Å². The van der Waals surface area contributed by atoms with Crippen LogP contribution in [0.15, 0.2) is 42.1 Å². The Hall–Kier alpha value is -3.55. The Morgan fingerprint density at radius 2 is 1.71 bits per heavy atom. The molecule has 0 bridgehead atoms. The molecular formula is C20H19FN2O5. The number of rotatable bonds is 6. The van der Waals surface area contributed by atoms with Gasteiger partial charge in [-0.2, -0.15) is 0 Å². The van der Waals surface area contributed by atoms with E-state index in [1.165, 1.54) is 39.5 Å². The summed E-state index contributed by atoms with van der Waals surface area (Å²) in [4.78, 5) is 25.8. The van der Waals surface area contributed by atoms with Crippen molar-refractivity contribution in [1.29, 1.82) is 0 Å². The summed E-state index contributed by atoms with van der Waals surface area (Å²) in [5.41, 5.74) is 0.805. The van der Waals surface area contributed by atoms with Gasteiger partial charge in [-0.15, -0.1) is 0 Å². The summed E-state index contributed by atoms with van der Waals surface area (Å²) >= 11 is 0. The second kappa shape index (κ2) is 7.99. The minimum atomic E-state index is -0.626. The minimum absolute atomic E-state index is 0.0480. The van der Waals surface area contributed by atoms with Gasteiger partial charge in [-0.3, -0.25) is 9.69 Å². The summed E-state index contributed by atoms with van der Waals surface area (Å²) in [5, 5.41) is 2.51. The average molecular weight is 386 g/mol. The van der Waals surface area contributed by atoms with Gasteiger partial charge >= 0.3 is 6.03 Å². The Bertz CT molecular complexity index is 958. The van der Waals surface area contributed by atoms with Crippen molar-refractivity contribution in [2.24, 2.45) is 0 Å². The van der Waals surface area contributed by atoms with Crippen LogP contribution < -0.4 is 19.5 Å². The second-order valence-corrected chi connectivity index (χ2v) is 5.89. The highest BCUT2D eigenvalue weighted by atomic mass is 19.1. The molecule has 1 N–H and O–H groups in total. The summed E-state index contributed by atoms with van der Waals surface area (Å²) in [5.74, 6) is 0.125. The first-order valence-corrected chi connectivity index (χ1v) is 8.37. The van der Waals surface area contributed by atoms with Crippen molar-refractivity contribution in [3.8, 4) is 17.2 Å². The average Bonchev–Trinajstić information content (AvgIpc) is 2.96. The number of ether oxygens (including phenoxy) is 3. The Morgan fingerprint density at radius 3 is 2.36 bits per heavy atom. The third kappa shape index (κ3) is 3.48. The lowest BCUT2D eigenvalue weighted by Crippen LogP contribution is -2.30. The predicted molar refractivity (Wildman–Crippen MR) is 99.6 cm³/mol. The molecule has 1 aliphatic heterocycles. The molecule has 8 heteroatoms. The Labute approximate surface area is 161 Å². The third-order valence-corrected chi connectivity index (χ3v) is 4.28. The highest BCUT2D eigenvalue weighted by molar-refractivity contribution is 6.14. The zero-order chi connectivity index (χ0) is 20.3. The third-order valence-electron chi connectivity index (χ3n) is 4.28. The maximum atomic E-state index is 13.9. The number of imide groups is 1. The van der Waals surface area contributed by atoms with Crippen LogP contribution in [0.2, 0.25) is 0 Å². The van der Waals surface area contributed by atoms with Gasteiger partial charge in [-0.1, -0.05) is 18.2 Å². The molecule has 0 saturated carbocycles. The summed E-state index contributed by atoms with van der Waals surface area (Å²) < 4.78 is 29.8. The number of carbonyl (C=O) groups is 2. The highest BCUT2D eigenvalue weighted by Gasteiger charge is 2.34. The quantitative estimate of drug-likeness (QED) is 0.610. The van der Waals surface area contributed by atoms with Gasteiger partial charge in [0.15, 0.2) is 11.5 Å². The molecule has 28 heavy (non-hydrogen) atoms. The molecule has 1 heterocycles. The lowest BCUT2D eigenvalue weighted by Gasteiger charge is -2.14. The van der Waals surface area contributed by atoms with E-state index in [0.29, 0.717) is 22.8 Å². The molecular weight excluding hydrogens is 367 g/mol. The lowest BCUT2D eigenvalue weighted by atomic mass is 10.1. The monoisotopic (exact) mass is 386 g/mol. The molecule has 7 nitrogen and oxygen atoms in total. The van der Waals surface area contributed by atoms with E-state index in [9.17, 15) is 14.0 Å². The topological polar surface area (TPSA) is 77.1 Å². The molecule has 0 aliphatic carbocycles.